The highest BCUT2D eigenvalue weighted by Gasteiger charge is 2.17. The van der Waals surface area contributed by atoms with Crippen molar-refractivity contribution in [2.75, 3.05) is 33.4 Å². The van der Waals surface area contributed by atoms with Gasteiger partial charge < -0.3 is 24.8 Å². The number of likely N-dealkylation sites (N-methyl/N-ethyl adjacent to an activating group) is 1. The summed E-state index contributed by atoms with van der Waals surface area (Å²) < 4.78 is 11.2. The number of benzene rings is 1. The number of aliphatic hydroxyl groups is 1. The third-order valence-corrected chi connectivity index (χ3v) is 4.72. The van der Waals surface area contributed by atoms with Crippen molar-refractivity contribution >= 4 is 0 Å². The van der Waals surface area contributed by atoms with Crippen molar-refractivity contribution in [3.05, 3.63) is 23.8 Å². The van der Waals surface area contributed by atoms with Crippen molar-refractivity contribution in [3.63, 3.8) is 0 Å². The Balaban J connectivity index is 1.88. The molecule has 1 aliphatic rings. The molecule has 0 aliphatic heterocycles. The molecule has 0 spiro atoms. The van der Waals surface area contributed by atoms with Crippen molar-refractivity contribution in [2.45, 2.75) is 51.8 Å². The quantitative estimate of drug-likeness (QED) is 0.650. The number of methoxy groups -OCH3 is 1. The standard InChI is InChI=1S/C19H32N2O3/c1-4-21(5-2)13-17(22)14-24-19-11-15(9-10-18(19)23-3)12-20-16-7-6-8-16/h9-11,16-17,20,22H,4-8,12-14H2,1-3H3/t17-/m1/s1. The summed E-state index contributed by atoms with van der Waals surface area (Å²) >= 11 is 0. The van der Waals surface area contributed by atoms with Crippen LogP contribution in [0.15, 0.2) is 18.2 Å². The van der Waals surface area contributed by atoms with E-state index in [1.54, 1.807) is 7.11 Å². The zero-order valence-electron chi connectivity index (χ0n) is 15.3. The van der Waals surface area contributed by atoms with E-state index in [0.29, 0.717) is 24.1 Å². The maximum atomic E-state index is 10.2. The molecule has 0 bridgehead atoms. The summed E-state index contributed by atoms with van der Waals surface area (Å²) in [6.07, 6.45) is 3.37. The molecule has 5 heteroatoms. The zero-order chi connectivity index (χ0) is 17.4. The topological polar surface area (TPSA) is 54.0 Å². The number of rotatable bonds is 11. The molecule has 1 atom stereocenters. The zero-order valence-corrected chi connectivity index (χ0v) is 15.3. The van der Waals surface area contributed by atoms with Crippen LogP contribution in [0.1, 0.15) is 38.7 Å². The lowest BCUT2D eigenvalue weighted by Gasteiger charge is -2.26. The van der Waals surface area contributed by atoms with Gasteiger partial charge in [-0.05, 0) is 43.6 Å². The van der Waals surface area contributed by atoms with E-state index < -0.39 is 6.10 Å². The van der Waals surface area contributed by atoms with E-state index in [0.717, 1.165) is 19.6 Å². The molecule has 24 heavy (non-hydrogen) atoms. The smallest absolute Gasteiger partial charge is 0.161 e. The fourth-order valence-electron chi connectivity index (χ4n) is 2.84. The lowest BCUT2D eigenvalue weighted by atomic mass is 9.93. The molecule has 0 radical (unpaired) electrons. The summed E-state index contributed by atoms with van der Waals surface area (Å²) in [5, 5.41) is 13.7. The highest BCUT2D eigenvalue weighted by molar-refractivity contribution is 5.43. The van der Waals surface area contributed by atoms with Gasteiger partial charge in [-0.15, -0.1) is 0 Å². The lowest BCUT2D eigenvalue weighted by Crippen LogP contribution is -2.35. The van der Waals surface area contributed by atoms with Crippen molar-refractivity contribution in [1.82, 2.24) is 10.2 Å². The first-order valence-corrected chi connectivity index (χ1v) is 9.09. The summed E-state index contributed by atoms with van der Waals surface area (Å²) in [5.41, 5.74) is 1.18. The predicted molar refractivity (Wildman–Crippen MR) is 96.8 cm³/mol. The van der Waals surface area contributed by atoms with Gasteiger partial charge in [0.2, 0.25) is 0 Å². The van der Waals surface area contributed by atoms with E-state index in [-0.39, 0.29) is 6.61 Å². The van der Waals surface area contributed by atoms with E-state index >= 15 is 0 Å². The summed E-state index contributed by atoms with van der Waals surface area (Å²) in [5.74, 6) is 1.40. The van der Waals surface area contributed by atoms with Crippen LogP contribution in [0, 0.1) is 0 Å². The monoisotopic (exact) mass is 336 g/mol. The average molecular weight is 336 g/mol. The number of nitrogens with one attached hydrogen (secondary N) is 1. The molecule has 0 heterocycles. The third kappa shape index (κ3) is 5.65. The summed E-state index contributed by atoms with van der Waals surface area (Å²) in [4.78, 5) is 2.18. The Bertz CT molecular complexity index is 488. The first kappa shape index (κ1) is 19.0. The highest BCUT2D eigenvalue weighted by atomic mass is 16.5. The molecule has 2 rings (SSSR count). The Kier molecular flexibility index (Phi) is 7.82. The number of hydrogen-bond donors (Lipinski definition) is 2. The Hall–Kier alpha value is -1.30. The normalized spacial score (nSPS) is 16.0. The van der Waals surface area contributed by atoms with Crippen LogP contribution in [0.2, 0.25) is 0 Å². The van der Waals surface area contributed by atoms with Crippen LogP contribution in [0.5, 0.6) is 11.5 Å². The van der Waals surface area contributed by atoms with Gasteiger partial charge in [0.05, 0.1) is 7.11 Å². The van der Waals surface area contributed by atoms with E-state index in [9.17, 15) is 5.11 Å². The summed E-state index contributed by atoms with van der Waals surface area (Å²) in [6.45, 7) is 7.79. The highest BCUT2D eigenvalue weighted by Crippen LogP contribution is 2.28. The van der Waals surface area contributed by atoms with Crippen LogP contribution in [0.3, 0.4) is 0 Å². The van der Waals surface area contributed by atoms with Crippen LogP contribution in [-0.4, -0.2) is 55.5 Å². The third-order valence-electron chi connectivity index (χ3n) is 4.72. The average Bonchev–Trinajstić information content (AvgIpc) is 2.56. The van der Waals surface area contributed by atoms with Gasteiger partial charge in [0.25, 0.3) is 0 Å². The van der Waals surface area contributed by atoms with Crippen LogP contribution >= 0.6 is 0 Å². The van der Waals surface area contributed by atoms with E-state index in [1.165, 1.54) is 24.8 Å². The minimum Gasteiger partial charge on any atom is -0.493 e. The van der Waals surface area contributed by atoms with Gasteiger partial charge in [0.1, 0.15) is 12.7 Å². The summed E-state index contributed by atoms with van der Waals surface area (Å²) in [6, 6.07) is 6.66. The second kappa shape index (κ2) is 9.87. The molecule has 0 amide bonds. The van der Waals surface area contributed by atoms with Crippen molar-refractivity contribution in [2.24, 2.45) is 0 Å². The number of hydrogen-bond acceptors (Lipinski definition) is 5. The Morgan fingerprint density at radius 1 is 1.25 bits per heavy atom. The predicted octanol–water partition coefficient (Wildman–Crippen LogP) is 2.42. The maximum absolute atomic E-state index is 10.2. The van der Waals surface area contributed by atoms with Gasteiger partial charge >= 0.3 is 0 Å². The van der Waals surface area contributed by atoms with Gasteiger partial charge in [-0.1, -0.05) is 26.3 Å². The largest absolute Gasteiger partial charge is 0.493 e. The molecule has 0 aromatic heterocycles. The molecular formula is C19H32N2O3. The van der Waals surface area contributed by atoms with Gasteiger partial charge in [-0.25, -0.2) is 0 Å². The van der Waals surface area contributed by atoms with Gasteiger partial charge in [0, 0.05) is 19.1 Å². The minimum atomic E-state index is -0.508. The van der Waals surface area contributed by atoms with Crippen LogP contribution < -0.4 is 14.8 Å². The Labute approximate surface area is 146 Å². The van der Waals surface area contributed by atoms with E-state index in [4.69, 9.17) is 9.47 Å². The number of aliphatic hydroxyl groups excluding tert-OH is 1. The fourth-order valence-corrected chi connectivity index (χ4v) is 2.84. The number of nitrogens with zero attached hydrogens (tertiary/aromatic N) is 1. The number of ether oxygens (including phenoxy) is 2. The second-order valence-electron chi connectivity index (χ2n) is 6.44. The molecule has 5 nitrogen and oxygen atoms in total. The van der Waals surface area contributed by atoms with Crippen LogP contribution in [0.25, 0.3) is 0 Å². The van der Waals surface area contributed by atoms with E-state index in [1.807, 2.05) is 12.1 Å². The molecule has 0 saturated heterocycles. The molecule has 1 fully saturated rings. The molecule has 1 aromatic rings. The first-order chi connectivity index (χ1) is 11.7. The van der Waals surface area contributed by atoms with Crippen LogP contribution in [0.4, 0.5) is 0 Å². The second-order valence-corrected chi connectivity index (χ2v) is 6.44. The lowest BCUT2D eigenvalue weighted by molar-refractivity contribution is 0.0705. The molecule has 0 unspecified atom stereocenters. The molecular weight excluding hydrogens is 304 g/mol. The SMILES string of the molecule is CCN(CC)C[C@@H](O)COc1cc(CNC2CCC2)ccc1OC. The molecule has 1 aliphatic carbocycles. The minimum absolute atomic E-state index is 0.270. The van der Waals surface area contributed by atoms with E-state index in [2.05, 4.69) is 30.1 Å². The van der Waals surface area contributed by atoms with Crippen molar-refractivity contribution in [1.29, 1.82) is 0 Å². The Morgan fingerprint density at radius 3 is 2.58 bits per heavy atom. The maximum Gasteiger partial charge on any atom is 0.161 e. The first-order valence-electron chi connectivity index (χ1n) is 9.09. The molecule has 2 N–H and O–H groups in total. The van der Waals surface area contributed by atoms with Crippen LogP contribution in [-0.2, 0) is 6.54 Å². The van der Waals surface area contributed by atoms with Crippen molar-refractivity contribution in [3.8, 4) is 11.5 Å². The van der Waals surface area contributed by atoms with Gasteiger partial charge in [-0.2, -0.15) is 0 Å². The molecule has 136 valence electrons. The van der Waals surface area contributed by atoms with Gasteiger partial charge in [0.15, 0.2) is 11.5 Å². The van der Waals surface area contributed by atoms with Crippen molar-refractivity contribution < 1.29 is 14.6 Å². The Morgan fingerprint density at radius 2 is 2.00 bits per heavy atom. The molecule has 1 aromatic carbocycles. The molecule has 1 saturated carbocycles. The fraction of sp³-hybridized carbons (Fsp3) is 0.684. The van der Waals surface area contributed by atoms with Gasteiger partial charge in [-0.3, -0.25) is 0 Å². The summed E-state index contributed by atoms with van der Waals surface area (Å²) in [7, 11) is 1.64.